The lowest BCUT2D eigenvalue weighted by molar-refractivity contribution is -0.905. The third-order valence-corrected chi connectivity index (χ3v) is 3.23. The average Bonchev–Trinajstić information content (AvgIpc) is 2.26. The molecule has 2 heterocycles. The van der Waals surface area contributed by atoms with Crippen LogP contribution in [0.5, 0.6) is 0 Å². The molecule has 12 heavy (non-hydrogen) atoms. The minimum Gasteiger partial charge on any atom is -0.375 e. The molecule has 0 bridgehead atoms. The molecule has 0 saturated heterocycles. The predicted molar refractivity (Wildman–Crippen MR) is 50.9 cm³/mol. The Kier molecular flexibility index (Phi) is 1.63. The van der Waals surface area contributed by atoms with Gasteiger partial charge in [-0.25, -0.2) is 4.98 Å². The first-order valence-corrected chi connectivity index (χ1v) is 4.94. The first kappa shape index (κ1) is 8.01. The molecule has 1 aromatic heterocycles. The molecule has 0 unspecified atom stereocenters. The normalized spacial score (nSPS) is 20.5. The third-order valence-electron chi connectivity index (χ3n) is 2.32. The van der Waals surface area contributed by atoms with Crippen molar-refractivity contribution in [2.24, 2.45) is 0 Å². The highest BCUT2D eigenvalue weighted by Gasteiger charge is 2.26. The lowest BCUT2D eigenvalue weighted by atomic mass is 10.1. The van der Waals surface area contributed by atoms with Crippen molar-refractivity contribution in [1.82, 2.24) is 4.98 Å². The van der Waals surface area contributed by atoms with Crippen molar-refractivity contribution in [3.05, 3.63) is 10.6 Å². The fraction of sp³-hybridized carbons (Fsp3) is 0.625. The van der Waals surface area contributed by atoms with Gasteiger partial charge in [0.1, 0.15) is 6.54 Å². The van der Waals surface area contributed by atoms with Gasteiger partial charge in [0, 0.05) is 6.42 Å². The van der Waals surface area contributed by atoms with E-state index >= 15 is 0 Å². The van der Waals surface area contributed by atoms with Gasteiger partial charge in [-0.15, -0.1) is 0 Å². The Balaban J connectivity index is 2.34. The van der Waals surface area contributed by atoms with Crippen molar-refractivity contribution in [3.8, 4) is 0 Å². The molecule has 0 amide bonds. The van der Waals surface area contributed by atoms with Crippen LogP contribution in [0.2, 0.25) is 0 Å². The number of aromatic nitrogens is 1. The number of nitrogens with two attached hydrogens (primary N) is 1. The van der Waals surface area contributed by atoms with E-state index in [0.29, 0.717) is 0 Å². The molecule has 0 fully saturated rings. The van der Waals surface area contributed by atoms with Crippen LogP contribution in [-0.4, -0.2) is 30.1 Å². The molecule has 4 heteroatoms. The fourth-order valence-corrected chi connectivity index (χ4v) is 2.69. The molecule has 1 aliphatic heterocycles. The van der Waals surface area contributed by atoms with E-state index in [-0.39, 0.29) is 0 Å². The number of hydrogen-bond acceptors (Lipinski definition) is 3. The van der Waals surface area contributed by atoms with E-state index in [0.717, 1.165) is 22.6 Å². The zero-order chi connectivity index (χ0) is 8.77. The Hall–Kier alpha value is -0.610. The lowest BCUT2D eigenvalue weighted by Gasteiger charge is -2.32. The summed E-state index contributed by atoms with van der Waals surface area (Å²) in [7, 11) is 4.50. The van der Waals surface area contributed by atoms with Crippen LogP contribution in [-0.2, 0) is 13.0 Å². The summed E-state index contributed by atoms with van der Waals surface area (Å²) >= 11 is 1.64. The second-order valence-electron chi connectivity index (χ2n) is 3.99. The van der Waals surface area contributed by atoms with Crippen molar-refractivity contribution >= 4 is 16.5 Å². The molecule has 0 spiro atoms. The molecule has 0 radical (unpaired) electrons. The first-order chi connectivity index (χ1) is 5.57. The van der Waals surface area contributed by atoms with Gasteiger partial charge in [-0.3, -0.25) is 0 Å². The number of hydrogen-bond donors (Lipinski definition) is 1. The van der Waals surface area contributed by atoms with Crippen molar-refractivity contribution in [3.63, 3.8) is 0 Å². The Morgan fingerprint density at radius 2 is 2.25 bits per heavy atom. The molecule has 0 aliphatic carbocycles. The number of rotatable bonds is 0. The van der Waals surface area contributed by atoms with Crippen LogP contribution in [0.15, 0.2) is 0 Å². The maximum Gasteiger partial charge on any atom is 0.180 e. The van der Waals surface area contributed by atoms with Crippen molar-refractivity contribution in [2.75, 3.05) is 26.4 Å². The summed E-state index contributed by atoms with van der Waals surface area (Å²) in [5.74, 6) is 0. The smallest absolute Gasteiger partial charge is 0.180 e. The number of quaternary nitrogens is 1. The lowest BCUT2D eigenvalue weighted by Crippen LogP contribution is -2.43. The molecule has 0 aromatic carbocycles. The minimum absolute atomic E-state index is 0.724. The Labute approximate surface area is 76.4 Å². The van der Waals surface area contributed by atoms with E-state index in [1.54, 1.807) is 11.3 Å². The highest BCUT2D eigenvalue weighted by Crippen LogP contribution is 2.28. The van der Waals surface area contributed by atoms with Crippen LogP contribution in [0.4, 0.5) is 5.13 Å². The monoisotopic (exact) mass is 184 g/mol. The van der Waals surface area contributed by atoms with Crippen LogP contribution in [0.25, 0.3) is 0 Å². The van der Waals surface area contributed by atoms with Crippen LogP contribution in [0.1, 0.15) is 10.6 Å². The number of likely N-dealkylation sites (N-methyl/N-ethyl adjacent to an activating group) is 1. The molecular weight excluding hydrogens is 170 g/mol. The van der Waals surface area contributed by atoms with Crippen molar-refractivity contribution in [1.29, 1.82) is 0 Å². The fourth-order valence-electron chi connectivity index (χ4n) is 1.60. The second-order valence-corrected chi connectivity index (χ2v) is 5.10. The molecule has 0 atom stereocenters. The van der Waals surface area contributed by atoms with Crippen LogP contribution in [0, 0.1) is 0 Å². The minimum atomic E-state index is 0.724. The Bertz CT molecular complexity index is 303. The van der Waals surface area contributed by atoms with Crippen LogP contribution >= 0.6 is 11.3 Å². The van der Waals surface area contributed by atoms with E-state index in [1.807, 2.05) is 0 Å². The van der Waals surface area contributed by atoms with Gasteiger partial charge in [0.05, 0.1) is 31.2 Å². The average molecular weight is 184 g/mol. The van der Waals surface area contributed by atoms with Gasteiger partial charge >= 0.3 is 0 Å². The van der Waals surface area contributed by atoms with Gasteiger partial charge in [-0.05, 0) is 0 Å². The molecule has 66 valence electrons. The molecule has 0 saturated carbocycles. The summed E-state index contributed by atoms with van der Waals surface area (Å²) in [5.41, 5.74) is 6.88. The second kappa shape index (κ2) is 2.44. The summed E-state index contributed by atoms with van der Waals surface area (Å²) in [6.07, 6.45) is 1.08. The summed E-state index contributed by atoms with van der Waals surface area (Å²) in [4.78, 5) is 5.68. The summed E-state index contributed by atoms with van der Waals surface area (Å²) in [5, 5.41) is 0.724. The Morgan fingerprint density at radius 3 is 3.00 bits per heavy atom. The number of nitrogens with zero attached hydrogens (tertiary/aromatic N) is 2. The van der Waals surface area contributed by atoms with E-state index in [1.165, 1.54) is 17.1 Å². The summed E-state index contributed by atoms with van der Waals surface area (Å²) < 4.78 is 1.06. The highest BCUT2D eigenvalue weighted by molar-refractivity contribution is 7.15. The van der Waals surface area contributed by atoms with Crippen LogP contribution in [0.3, 0.4) is 0 Å². The van der Waals surface area contributed by atoms with Gasteiger partial charge in [0.15, 0.2) is 5.13 Å². The standard InChI is InChI=1S/C8H14N3S/c1-11(2)4-3-6-7(5-11)12-8(9)10-6/h3-5H2,1-2H3,(H2,9,10)/q+1. The van der Waals surface area contributed by atoms with Crippen LogP contribution < -0.4 is 5.73 Å². The van der Waals surface area contributed by atoms with E-state index in [4.69, 9.17) is 5.73 Å². The van der Waals surface area contributed by atoms with E-state index < -0.39 is 0 Å². The van der Waals surface area contributed by atoms with Gasteiger partial charge < -0.3 is 10.2 Å². The highest BCUT2D eigenvalue weighted by atomic mass is 32.1. The number of fused-ring (bicyclic) bond motifs is 1. The van der Waals surface area contributed by atoms with Gasteiger partial charge in [-0.2, -0.15) is 0 Å². The van der Waals surface area contributed by atoms with Gasteiger partial charge in [-0.1, -0.05) is 11.3 Å². The third kappa shape index (κ3) is 1.32. The Morgan fingerprint density at radius 1 is 1.50 bits per heavy atom. The number of anilines is 1. The topological polar surface area (TPSA) is 38.9 Å². The SMILES string of the molecule is C[N+]1(C)CCc2nc(N)sc2C1. The molecule has 2 N–H and O–H groups in total. The quantitative estimate of drug-likeness (QED) is 0.607. The van der Waals surface area contributed by atoms with Crippen molar-refractivity contribution in [2.45, 2.75) is 13.0 Å². The molecular formula is C8H14N3S+. The zero-order valence-electron chi connectivity index (χ0n) is 7.50. The van der Waals surface area contributed by atoms with Crippen molar-refractivity contribution < 1.29 is 4.48 Å². The van der Waals surface area contributed by atoms with E-state index in [2.05, 4.69) is 19.1 Å². The zero-order valence-corrected chi connectivity index (χ0v) is 8.32. The molecule has 1 aliphatic rings. The molecule has 3 nitrogen and oxygen atoms in total. The first-order valence-electron chi connectivity index (χ1n) is 4.13. The number of nitrogen functional groups attached to an aromatic ring is 1. The van der Waals surface area contributed by atoms with Gasteiger partial charge in [0.25, 0.3) is 0 Å². The maximum atomic E-state index is 5.65. The van der Waals surface area contributed by atoms with E-state index in [9.17, 15) is 0 Å². The summed E-state index contributed by atoms with van der Waals surface area (Å²) in [6, 6.07) is 0. The number of thiazole rings is 1. The molecule has 1 aromatic rings. The largest absolute Gasteiger partial charge is 0.375 e. The molecule has 2 rings (SSSR count). The summed E-state index contributed by atoms with van der Waals surface area (Å²) in [6.45, 7) is 2.26. The maximum absolute atomic E-state index is 5.65. The van der Waals surface area contributed by atoms with Gasteiger partial charge in [0.2, 0.25) is 0 Å². The predicted octanol–water partition coefficient (Wildman–Crippen LogP) is 0.858.